The monoisotopic (exact) mass is 284 g/mol. The molecule has 1 aromatic carbocycles. The maximum atomic E-state index is 11.2. The third kappa shape index (κ3) is 2.29. The van der Waals surface area contributed by atoms with E-state index in [0.717, 1.165) is 28.7 Å². The van der Waals surface area contributed by atoms with E-state index in [2.05, 4.69) is 10.1 Å². The molecule has 2 heterocycles. The number of carboxylic acids is 1. The van der Waals surface area contributed by atoms with Crippen LogP contribution in [0.2, 0.25) is 0 Å². The molecule has 0 saturated carbocycles. The van der Waals surface area contributed by atoms with E-state index >= 15 is 0 Å². The Morgan fingerprint density at radius 1 is 1.33 bits per heavy atom. The minimum atomic E-state index is -0.888. The van der Waals surface area contributed by atoms with Crippen LogP contribution in [0.1, 0.15) is 12.6 Å². The number of carboxylic acid groups (broad SMARTS) is 1. The number of nitrogens with zero attached hydrogens (tertiary/aromatic N) is 4. The van der Waals surface area contributed by atoms with Crippen LogP contribution < -0.4 is 0 Å². The minimum absolute atomic E-state index is 0.117. The molecule has 0 aliphatic rings. The molecule has 0 atom stereocenters. The van der Waals surface area contributed by atoms with Gasteiger partial charge < -0.3 is 9.67 Å². The Kier molecular flexibility index (Phi) is 3.21. The summed E-state index contributed by atoms with van der Waals surface area (Å²) in [7, 11) is 1.85. The minimum Gasteiger partial charge on any atom is -0.480 e. The molecule has 0 aliphatic heterocycles. The molecule has 6 nitrogen and oxygen atoms in total. The van der Waals surface area contributed by atoms with Gasteiger partial charge in [-0.25, -0.2) is 4.98 Å². The van der Waals surface area contributed by atoms with E-state index in [9.17, 15) is 9.90 Å². The molecule has 108 valence electrons. The van der Waals surface area contributed by atoms with Crippen LogP contribution in [-0.4, -0.2) is 30.4 Å². The van der Waals surface area contributed by atoms with Gasteiger partial charge in [0, 0.05) is 13.2 Å². The number of hydrogen-bond acceptors (Lipinski definition) is 3. The number of rotatable bonds is 4. The Morgan fingerprint density at radius 2 is 2.10 bits per heavy atom. The van der Waals surface area contributed by atoms with Crippen molar-refractivity contribution in [1.82, 2.24) is 19.3 Å². The largest absolute Gasteiger partial charge is 0.480 e. The van der Waals surface area contributed by atoms with Gasteiger partial charge >= 0.3 is 5.97 Å². The fourth-order valence-corrected chi connectivity index (χ4v) is 2.56. The average Bonchev–Trinajstić information content (AvgIpc) is 2.99. The van der Waals surface area contributed by atoms with Crippen LogP contribution in [0.5, 0.6) is 0 Å². The lowest BCUT2D eigenvalue weighted by Gasteiger charge is -2.05. The first-order chi connectivity index (χ1) is 10.1. The molecule has 3 aromatic rings. The Bertz CT molecular complexity index is 816. The molecular formula is C15H16N4O2. The lowest BCUT2D eigenvalue weighted by Crippen LogP contribution is -2.10. The summed E-state index contributed by atoms with van der Waals surface area (Å²) in [6.45, 7) is 1.91. The normalized spacial score (nSPS) is 11.1. The van der Waals surface area contributed by atoms with E-state index in [1.807, 2.05) is 44.4 Å². The predicted octanol–water partition coefficient (Wildman–Crippen LogP) is 2.08. The highest BCUT2D eigenvalue weighted by Gasteiger charge is 2.18. The van der Waals surface area contributed by atoms with Gasteiger partial charge in [0.25, 0.3) is 0 Å². The van der Waals surface area contributed by atoms with Crippen LogP contribution in [0.3, 0.4) is 0 Å². The molecule has 0 bridgehead atoms. The zero-order valence-corrected chi connectivity index (χ0v) is 11.9. The lowest BCUT2D eigenvalue weighted by atomic mass is 10.2. The maximum Gasteiger partial charge on any atom is 0.323 e. The van der Waals surface area contributed by atoms with Crippen molar-refractivity contribution < 1.29 is 9.90 Å². The second-order valence-corrected chi connectivity index (χ2v) is 4.92. The van der Waals surface area contributed by atoms with Crippen molar-refractivity contribution in [2.45, 2.75) is 19.9 Å². The van der Waals surface area contributed by atoms with E-state index in [0.29, 0.717) is 5.82 Å². The van der Waals surface area contributed by atoms with Gasteiger partial charge in [-0.3, -0.25) is 9.48 Å². The average molecular weight is 284 g/mol. The van der Waals surface area contributed by atoms with Gasteiger partial charge in [-0.05, 0) is 18.6 Å². The summed E-state index contributed by atoms with van der Waals surface area (Å²) < 4.78 is 3.46. The fourth-order valence-electron chi connectivity index (χ4n) is 2.56. The quantitative estimate of drug-likeness (QED) is 0.796. The molecule has 0 unspecified atom stereocenters. The highest BCUT2D eigenvalue weighted by Crippen LogP contribution is 2.27. The smallest absolute Gasteiger partial charge is 0.323 e. The van der Waals surface area contributed by atoms with Crippen molar-refractivity contribution in [3.8, 4) is 11.4 Å². The van der Waals surface area contributed by atoms with Gasteiger partial charge in [0.1, 0.15) is 12.4 Å². The molecule has 1 N–H and O–H groups in total. The van der Waals surface area contributed by atoms with Crippen LogP contribution in [-0.2, 0) is 24.8 Å². The summed E-state index contributed by atoms with van der Waals surface area (Å²) in [4.78, 5) is 15.8. The van der Waals surface area contributed by atoms with Gasteiger partial charge in [0.15, 0.2) is 0 Å². The van der Waals surface area contributed by atoms with Gasteiger partial charge in [-0.1, -0.05) is 19.1 Å². The Hall–Kier alpha value is -2.63. The Morgan fingerprint density at radius 3 is 2.81 bits per heavy atom. The molecule has 0 spiro atoms. The van der Waals surface area contributed by atoms with Gasteiger partial charge in [-0.15, -0.1) is 0 Å². The lowest BCUT2D eigenvalue weighted by molar-refractivity contribution is -0.137. The van der Waals surface area contributed by atoms with Gasteiger partial charge in [0.2, 0.25) is 0 Å². The van der Waals surface area contributed by atoms with E-state index in [1.165, 1.54) is 0 Å². The number of hydrogen-bond donors (Lipinski definition) is 1. The number of fused-ring (bicyclic) bond motifs is 1. The second kappa shape index (κ2) is 5.05. The number of aryl methyl sites for hydroxylation is 2. The number of carbonyl (C=O) groups is 1. The van der Waals surface area contributed by atoms with Crippen molar-refractivity contribution in [2.24, 2.45) is 7.05 Å². The summed E-state index contributed by atoms with van der Waals surface area (Å²) in [5, 5.41) is 13.6. The molecule has 0 amide bonds. The fraction of sp³-hybridized carbons (Fsp3) is 0.267. The molecule has 21 heavy (non-hydrogen) atoms. The predicted molar refractivity (Wildman–Crippen MR) is 78.9 cm³/mol. The first-order valence-corrected chi connectivity index (χ1v) is 6.80. The zero-order chi connectivity index (χ0) is 15.0. The Labute approximate surface area is 121 Å². The SMILES string of the molecule is CCc1nn(C)cc1-c1nc2ccccc2n1CC(=O)O. The van der Waals surface area contributed by atoms with Crippen molar-refractivity contribution in [1.29, 1.82) is 0 Å². The Balaban J connectivity index is 2.27. The zero-order valence-electron chi connectivity index (χ0n) is 11.9. The van der Waals surface area contributed by atoms with Gasteiger partial charge in [-0.2, -0.15) is 5.10 Å². The maximum absolute atomic E-state index is 11.2. The molecule has 0 radical (unpaired) electrons. The van der Waals surface area contributed by atoms with Crippen molar-refractivity contribution >= 4 is 17.0 Å². The molecule has 3 rings (SSSR count). The topological polar surface area (TPSA) is 72.9 Å². The van der Waals surface area contributed by atoms with E-state index in [-0.39, 0.29) is 6.54 Å². The molecule has 2 aromatic heterocycles. The summed E-state index contributed by atoms with van der Waals surface area (Å²) in [5.41, 5.74) is 3.41. The van der Waals surface area contributed by atoms with Crippen molar-refractivity contribution in [3.63, 3.8) is 0 Å². The van der Waals surface area contributed by atoms with Crippen molar-refractivity contribution in [2.75, 3.05) is 0 Å². The third-order valence-electron chi connectivity index (χ3n) is 3.43. The van der Waals surface area contributed by atoms with Gasteiger partial charge in [0.05, 0.1) is 22.3 Å². The van der Waals surface area contributed by atoms with Crippen LogP contribution in [0.4, 0.5) is 0 Å². The van der Waals surface area contributed by atoms with E-state index < -0.39 is 5.97 Å². The first kappa shape index (κ1) is 13.4. The number of imidazole rings is 1. The summed E-state index contributed by atoms with van der Waals surface area (Å²) >= 11 is 0. The van der Waals surface area contributed by atoms with Crippen LogP contribution in [0.15, 0.2) is 30.5 Å². The summed E-state index contributed by atoms with van der Waals surface area (Å²) in [5.74, 6) is -0.232. The molecular weight excluding hydrogens is 268 g/mol. The summed E-state index contributed by atoms with van der Waals surface area (Å²) in [6.07, 6.45) is 2.66. The number of aliphatic carboxylic acids is 1. The van der Waals surface area contributed by atoms with E-state index in [4.69, 9.17) is 0 Å². The standard InChI is InChI=1S/C15H16N4O2/c1-3-11-10(8-18(2)17-11)15-16-12-6-4-5-7-13(12)19(15)9-14(20)21/h4-8H,3,9H2,1-2H3,(H,20,21). The highest BCUT2D eigenvalue weighted by molar-refractivity contribution is 5.83. The van der Waals surface area contributed by atoms with Crippen LogP contribution in [0, 0.1) is 0 Å². The molecule has 0 saturated heterocycles. The molecule has 0 fully saturated rings. The number of benzene rings is 1. The molecule has 0 aliphatic carbocycles. The number of para-hydroxylation sites is 2. The van der Waals surface area contributed by atoms with E-state index in [1.54, 1.807) is 9.25 Å². The first-order valence-electron chi connectivity index (χ1n) is 6.80. The highest BCUT2D eigenvalue weighted by atomic mass is 16.4. The molecule has 6 heteroatoms. The summed E-state index contributed by atoms with van der Waals surface area (Å²) in [6, 6.07) is 7.56. The number of aromatic nitrogens is 4. The third-order valence-corrected chi connectivity index (χ3v) is 3.43. The van der Waals surface area contributed by atoms with Crippen LogP contribution >= 0.6 is 0 Å². The second-order valence-electron chi connectivity index (χ2n) is 4.92. The van der Waals surface area contributed by atoms with Crippen LogP contribution in [0.25, 0.3) is 22.4 Å². The van der Waals surface area contributed by atoms with Crippen molar-refractivity contribution in [3.05, 3.63) is 36.2 Å².